The number of nitrogens with one attached hydrogen (secondary N) is 1. The molecule has 3 rings (SSSR count). The monoisotopic (exact) mass is 408 g/mol. The molecule has 0 aromatic heterocycles. The Balaban J connectivity index is 1.56. The number of benzene rings is 1. The summed E-state index contributed by atoms with van der Waals surface area (Å²) in [7, 11) is 0. The van der Waals surface area contributed by atoms with Crippen molar-refractivity contribution in [2.75, 3.05) is 26.3 Å². The maximum Gasteiger partial charge on any atom is 0.409 e. The first-order chi connectivity index (χ1) is 12.1. The van der Waals surface area contributed by atoms with Gasteiger partial charge in [-0.25, -0.2) is 4.79 Å². The van der Waals surface area contributed by atoms with Crippen molar-refractivity contribution in [2.24, 2.45) is 0 Å². The third-order valence-electron chi connectivity index (χ3n) is 4.33. The summed E-state index contributed by atoms with van der Waals surface area (Å²) in [5, 5.41) is 3.05. The molecule has 0 saturated carbocycles. The zero-order valence-electron chi connectivity index (χ0n) is 14.1. The van der Waals surface area contributed by atoms with Crippen LogP contribution >= 0.6 is 15.9 Å². The van der Waals surface area contributed by atoms with E-state index in [0.717, 1.165) is 28.6 Å². The maximum absolute atomic E-state index is 12.5. The minimum atomic E-state index is -0.280. The highest BCUT2D eigenvalue weighted by atomic mass is 79.9. The van der Waals surface area contributed by atoms with Crippen molar-refractivity contribution >= 4 is 34.0 Å². The van der Waals surface area contributed by atoms with Crippen molar-refractivity contribution < 1.29 is 19.1 Å². The summed E-state index contributed by atoms with van der Waals surface area (Å²) in [6, 6.07) is 5.78. The Labute approximate surface area is 155 Å². The number of carbonyl (C=O) groups is 2. The Morgan fingerprint density at radius 3 is 2.84 bits per heavy atom. The van der Waals surface area contributed by atoms with Gasteiger partial charge in [0.2, 0.25) is 0 Å². The molecule has 134 valence electrons. The number of likely N-dealkylation sites (tertiary alicyclic amines) is 1. The Hall–Kier alpha value is -2.02. The lowest BCUT2D eigenvalue weighted by molar-refractivity contribution is -0.118. The number of nitrogens with zero attached hydrogens (tertiary/aromatic N) is 1. The zero-order chi connectivity index (χ0) is 17.8. The van der Waals surface area contributed by atoms with Crippen LogP contribution in [0.3, 0.4) is 0 Å². The van der Waals surface area contributed by atoms with Gasteiger partial charge in [0.1, 0.15) is 12.4 Å². The molecule has 2 amide bonds. The number of hydrogen-bond donors (Lipinski definition) is 1. The first-order valence-electron chi connectivity index (χ1n) is 8.42. The van der Waals surface area contributed by atoms with Crippen molar-refractivity contribution in [3.63, 3.8) is 0 Å². The summed E-state index contributed by atoms with van der Waals surface area (Å²) in [4.78, 5) is 25.9. The van der Waals surface area contributed by atoms with E-state index in [9.17, 15) is 9.59 Å². The molecule has 25 heavy (non-hydrogen) atoms. The molecule has 0 bridgehead atoms. The predicted octanol–water partition coefficient (Wildman–Crippen LogP) is 2.96. The highest BCUT2D eigenvalue weighted by molar-refractivity contribution is 9.10. The van der Waals surface area contributed by atoms with Crippen LogP contribution in [0.1, 0.15) is 25.3 Å². The SMILES string of the molecule is CCOC(=O)N1CCC(NC(=O)C2=Cc3cc(Br)ccc3OC2)CC1. The Kier molecular flexibility index (Phi) is 5.63. The summed E-state index contributed by atoms with van der Waals surface area (Å²) >= 11 is 3.43. The summed E-state index contributed by atoms with van der Waals surface area (Å²) < 4.78 is 11.6. The fourth-order valence-corrected chi connectivity index (χ4v) is 3.36. The third kappa shape index (κ3) is 4.34. The van der Waals surface area contributed by atoms with Crippen molar-refractivity contribution in [2.45, 2.75) is 25.8 Å². The van der Waals surface area contributed by atoms with Gasteiger partial charge in [0.15, 0.2) is 0 Å². The van der Waals surface area contributed by atoms with E-state index in [4.69, 9.17) is 9.47 Å². The molecule has 0 atom stereocenters. The lowest BCUT2D eigenvalue weighted by atomic mass is 10.0. The zero-order valence-corrected chi connectivity index (χ0v) is 15.7. The molecule has 1 fully saturated rings. The summed E-state index contributed by atoms with van der Waals surface area (Å²) in [5.41, 5.74) is 1.50. The lowest BCUT2D eigenvalue weighted by Gasteiger charge is -2.32. The second kappa shape index (κ2) is 7.91. The minimum absolute atomic E-state index is 0.0583. The van der Waals surface area contributed by atoms with Gasteiger partial charge in [-0.3, -0.25) is 4.79 Å². The molecule has 2 heterocycles. The van der Waals surface area contributed by atoms with E-state index in [0.29, 0.717) is 25.3 Å². The molecule has 0 unspecified atom stereocenters. The van der Waals surface area contributed by atoms with E-state index in [1.54, 1.807) is 11.8 Å². The molecule has 1 aromatic rings. The van der Waals surface area contributed by atoms with Crippen LogP contribution in [0.5, 0.6) is 5.75 Å². The number of rotatable bonds is 3. The van der Waals surface area contributed by atoms with Gasteiger partial charge in [-0.1, -0.05) is 15.9 Å². The van der Waals surface area contributed by atoms with Gasteiger partial charge in [0, 0.05) is 29.2 Å². The molecule has 1 aromatic carbocycles. The Morgan fingerprint density at radius 2 is 2.12 bits per heavy atom. The average molecular weight is 409 g/mol. The number of piperidine rings is 1. The summed E-state index contributed by atoms with van der Waals surface area (Å²) in [6.45, 7) is 3.62. The quantitative estimate of drug-likeness (QED) is 0.834. The van der Waals surface area contributed by atoms with E-state index in [1.165, 1.54) is 0 Å². The van der Waals surface area contributed by atoms with E-state index in [2.05, 4.69) is 21.2 Å². The second-order valence-corrected chi connectivity index (χ2v) is 6.99. The molecule has 2 aliphatic rings. The molecule has 7 heteroatoms. The largest absolute Gasteiger partial charge is 0.488 e. The molecule has 2 aliphatic heterocycles. The van der Waals surface area contributed by atoms with E-state index >= 15 is 0 Å². The number of fused-ring (bicyclic) bond motifs is 1. The maximum atomic E-state index is 12.5. The van der Waals surface area contributed by atoms with Crippen molar-refractivity contribution in [3.8, 4) is 5.75 Å². The first-order valence-corrected chi connectivity index (χ1v) is 9.21. The van der Waals surface area contributed by atoms with Gasteiger partial charge in [0.25, 0.3) is 5.91 Å². The smallest absolute Gasteiger partial charge is 0.409 e. The van der Waals surface area contributed by atoms with Crippen LogP contribution < -0.4 is 10.1 Å². The van der Waals surface area contributed by atoms with Crippen molar-refractivity contribution in [1.29, 1.82) is 0 Å². The van der Waals surface area contributed by atoms with Gasteiger partial charge < -0.3 is 19.7 Å². The Morgan fingerprint density at radius 1 is 1.36 bits per heavy atom. The standard InChI is InChI=1S/C18H21BrN2O4/c1-2-24-18(23)21-7-5-15(6-8-21)20-17(22)13-9-12-10-14(19)3-4-16(12)25-11-13/h3-4,9-10,15H,2,5-8,11H2,1H3,(H,20,22). The lowest BCUT2D eigenvalue weighted by Crippen LogP contribution is -2.47. The number of amides is 2. The van der Waals surface area contributed by atoms with Crippen LogP contribution in [0.25, 0.3) is 6.08 Å². The van der Waals surface area contributed by atoms with Gasteiger partial charge in [-0.2, -0.15) is 0 Å². The third-order valence-corrected chi connectivity index (χ3v) is 4.83. The van der Waals surface area contributed by atoms with E-state index in [1.807, 2.05) is 24.3 Å². The van der Waals surface area contributed by atoms with Gasteiger partial charge in [-0.05, 0) is 44.0 Å². The predicted molar refractivity (Wildman–Crippen MR) is 97.4 cm³/mol. The molecule has 1 N–H and O–H groups in total. The molecule has 0 aliphatic carbocycles. The van der Waals surface area contributed by atoms with Gasteiger partial charge in [-0.15, -0.1) is 0 Å². The average Bonchev–Trinajstić information content (AvgIpc) is 2.61. The number of carbonyl (C=O) groups excluding carboxylic acids is 2. The Bertz CT molecular complexity index is 696. The van der Waals surface area contributed by atoms with Gasteiger partial charge >= 0.3 is 6.09 Å². The van der Waals surface area contributed by atoms with Crippen molar-refractivity contribution in [1.82, 2.24) is 10.2 Å². The van der Waals surface area contributed by atoms with E-state index in [-0.39, 0.29) is 24.6 Å². The van der Waals surface area contributed by atoms with Crippen LogP contribution in [0.4, 0.5) is 4.79 Å². The second-order valence-electron chi connectivity index (χ2n) is 6.07. The fraction of sp³-hybridized carbons (Fsp3) is 0.444. The van der Waals surface area contributed by atoms with E-state index < -0.39 is 0 Å². The summed E-state index contributed by atoms with van der Waals surface area (Å²) in [6.07, 6.45) is 3.03. The van der Waals surface area contributed by atoms with Crippen LogP contribution in [0, 0.1) is 0 Å². The van der Waals surface area contributed by atoms with Crippen LogP contribution in [0.2, 0.25) is 0 Å². The normalized spacial score (nSPS) is 17.2. The van der Waals surface area contributed by atoms with Gasteiger partial charge in [0.05, 0.1) is 12.2 Å². The first kappa shape index (κ1) is 17.8. The molecular formula is C18H21BrN2O4. The number of ether oxygens (including phenoxy) is 2. The minimum Gasteiger partial charge on any atom is -0.488 e. The fourth-order valence-electron chi connectivity index (χ4n) is 2.98. The molecular weight excluding hydrogens is 388 g/mol. The van der Waals surface area contributed by atoms with Crippen molar-refractivity contribution in [3.05, 3.63) is 33.8 Å². The number of hydrogen-bond acceptors (Lipinski definition) is 4. The molecule has 0 spiro atoms. The molecule has 0 radical (unpaired) electrons. The highest BCUT2D eigenvalue weighted by Gasteiger charge is 2.26. The highest BCUT2D eigenvalue weighted by Crippen LogP contribution is 2.29. The van der Waals surface area contributed by atoms with Crippen LogP contribution in [0.15, 0.2) is 28.2 Å². The number of halogens is 1. The topological polar surface area (TPSA) is 67.9 Å². The van der Waals surface area contributed by atoms with Crippen LogP contribution in [-0.2, 0) is 9.53 Å². The summed E-state index contributed by atoms with van der Waals surface area (Å²) in [5.74, 6) is 0.669. The molecule has 6 nitrogen and oxygen atoms in total. The molecule has 1 saturated heterocycles. The van der Waals surface area contributed by atoms with Crippen LogP contribution in [-0.4, -0.2) is 49.2 Å².